The summed E-state index contributed by atoms with van der Waals surface area (Å²) in [4.78, 5) is 36.7. The number of hydrazine groups is 1. The van der Waals surface area contributed by atoms with E-state index in [1.54, 1.807) is 36.4 Å². The van der Waals surface area contributed by atoms with Crippen molar-refractivity contribution in [3.05, 3.63) is 98.9 Å². The van der Waals surface area contributed by atoms with Crippen LogP contribution < -0.4 is 21.1 Å². The summed E-state index contributed by atoms with van der Waals surface area (Å²) < 4.78 is 6.78. The summed E-state index contributed by atoms with van der Waals surface area (Å²) in [6.07, 6.45) is 1.55. The van der Waals surface area contributed by atoms with Crippen LogP contribution in [0.15, 0.2) is 71.7 Å². The van der Waals surface area contributed by atoms with Gasteiger partial charge >= 0.3 is 0 Å². The molecule has 160 valence electrons. The summed E-state index contributed by atoms with van der Waals surface area (Å²) in [5.41, 5.74) is 6.41. The highest BCUT2D eigenvalue weighted by Crippen LogP contribution is 2.12. The number of carbonyl (C=O) groups is 2. The van der Waals surface area contributed by atoms with Gasteiger partial charge in [-0.05, 0) is 48.4 Å². The van der Waals surface area contributed by atoms with Crippen molar-refractivity contribution in [3.63, 3.8) is 0 Å². The molecule has 3 rings (SSSR count). The molecule has 2 aromatic carbocycles. The summed E-state index contributed by atoms with van der Waals surface area (Å²) in [5.74, 6) is -0.161. The van der Waals surface area contributed by atoms with Crippen LogP contribution >= 0.6 is 11.6 Å². The average Bonchev–Trinajstić information content (AvgIpc) is 2.76. The molecular weight excluding hydrogens is 418 g/mol. The number of nitrogens with one attached hydrogen (secondary N) is 2. The number of aromatic nitrogens is 1. The van der Waals surface area contributed by atoms with Crippen molar-refractivity contribution in [3.8, 4) is 5.75 Å². The Hall–Kier alpha value is -3.58. The van der Waals surface area contributed by atoms with E-state index in [0.29, 0.717) is 18.2 Å². The minimum Gasteiger partial charge on any atom is -0.494 e. The van der Waals surface area contributed by atoms with Crippen LogP contribution in [0.1, 0.15) is 28.4 Å². The molecule has 0 aliphatic carbocycles. The van der Waals surface area contributed by atoms with E-state index in [9.17, 15) is 14.4 Å². The lowest BCUT2D eigenvalue weighted by atomic mass is 10.1. The summed E-state index contributed by atoms with van der Waals surface area (Å²) in [7, 11) is 0. The largest absolute Gasteiger partial charge is 0.494 e. The maximum Gasteiger partial charge on any atom is 0.271 e. The predicted molar refractivity (Wildman–Crippen MR) is 118 cm³/mol. The van der Waals surface area contributed by atoms with E-state index in [1.807, 2.05) is 19.1 Å². The van der Waals surface area contributed by atoms with Crippen LogP contribution in [0.5, 0.6) is 5.75 Å². The van der Waals surface area contributed by atoms with E-state index in [1.165, 1.54) is 22.9 Å². The van der Waals surface area contributed by atoms with Crippen LogP contribution in [0.4, 0.5) is 0 Å². The molecular formula is C23H22ClN3O4. The zero-order chi connectivity index (χ0) is 22.2. The molecule has 7 nitrogen and oxygen atoms in total. The minimum absolute atomic E-state index is 0.0999. The molecule has 0 atom stereocenters. The van der Waals surface area contributed by atoms with Crippen LogP contribution in [0.2, 0.25) is 5.02 Å². The fourth-order valence-electron chi connectivity index (χ4n) is 2.87. The summed E-state index contributed by atoms with van der Waals surface area (Å²) in [5, 5.41) is 0.602. The van der Waals surface area contributed by atoms with Crippen molar-refractivity contribution in [1.29, 1.82) is 0 Å². The normalized spacial score (nSPS) is 10.4. The molecule has 31 heavy (non-hydrogen) atoms. The minimum atomic E-state index is -0.523. The molecule has 0 radical (unpaired) electrons. The lowest BCUT2D eigenvalue weighted by Gasteiger charge is -2.10. The van der Waals surface area contributed by atoms with Gasteiger partial charge in [0.15, 0.2) is 0 Å². The SMILES string of the molecule is CCOc1ccc(CC(=O)NNC(=O)c2ccc(=O)n(Cc3ccc(Cl)cc3)c2)cc1. The smallest absolute Gasteiger partial charge is 0.271 e. The topological polar surface area (TPSA) is 89.4 Å². The standard InChI is InChI=1S/C23H22ClN3O4/c1-2-31-20-10-5-16(6-11-20)13-21(28)25-26-23(30)18-7-12-22(29)27(15-18)14-17-3-8-19(24)9-4-17/h3-12,15H,2,13-14H2,1H3,(H,25,28)(H,26,30). The van der Waals surface area contributed by atoms with Crippen molar-refractivity contribution in [1.82, 2.24) is 15.4 Å². The van der Waals surface area contributed by atoms with E-state index in [0.717, 1.165) is 16.9 Å². The molecule has 1 heterocycles. The maximum absolute atomic E-state index is 12.4. The molecule has 0 aliphatic rings. The maximum atomic E-state index is 12.4. The highest BCUT2D eigenvalue weighted by Gasteiger charge is 2.10. The number of ether oxygens (including phenoxy) is 1. The monoisotopic (exact) mass is 439 g/mol. The average molecular weight is 440 g/mol. The van der Waals surface area contributed by atoms with Gasteiger partial charge in [0.25, 0.3) is 11.5 Å². The molecule has 0 saturated carbocycles. The number of pyridine rings is 1. The zero-order valence-electron chi connectivity index (χ0n) is 16.9. The van der Waals surface area contributed by atoms with Gasteiger partial charge in [-0.25, -0.2) is 0 Å². The second kappa shape index (κ2) is 10.4. The summed E-state index contributed by atoms with van der Waals surface area (Å²) >= 11 is 5.88. The van der Waals surface area contributed by atoms with Gasteiger partial charge in [-0.1, -0.05) is 35.9 Å². The molecule has 0 bridgehead atoms. The lowest BCUT2D eigenvalue weighted by molar-refractivity contribution is -0.121. The Labute approximate surface area is 184 Å². The third kappa shape index (κ3) is 6.45. The van der Waals surface area contributed by atoms with Gasteiger partial charge in [-0.3, -0.25) is 25.2 Å². The van der Waals surface area contributed by atoms with Crippen molar-refractivity contribution >= 4 is 23.4 Å². The van der Waals surface area contributed by atoms with E-state index in [-0.39, 0.29) is 23.5 Å². The van der Waals surface area contributed by atoms with Crippen molar-refractivity contribution < 1.29 is 14.3 Å². The molecule has 3 aromatic rings. The van der Waals surface area contributed by atoms with Gasteiger partial charge in [-0.15, -0.1) is 0 Å². The first-order valence-corrected chi connectivity index (χ1v) is 10.1. The highest BCUT2D eigenvalue weighted by atomic mass is 35.5. The molecule has 8 heteroatoms. The number of nitrogens with zero attached hydrogens (tertiary/aromatic N) is 1. The van der Waals surface area contributed by atoms with Gasteiger partial charge in [0.1, 0.15) is 5.75 Å². The van der Waals surface area contributed by atoms with E-state index in [4.69, 9.17) is 16.3 Å². The Balaban J connectivity index is 1.57. The van der Waals surface area contributed by atoms with Crippen molar-refractivity contribution in [2.75, 3.05) is 6.61 Å². The number of halogens is 1. The first-order valence-electron chi connectivity index (χ1n) is 9.70. The predicted octanol–water partition coefficient (Wildman–Crippen LogP) is 2.95. The van der Waals surface area contributed by atoms with E-state index < -0.39 is 5.91 Å². The molecule has 0 unspecified atom stereocenters. The second-order valence-electron chi connectivity index (χ2n) is 6.77. The quantitative estimate of drug-likeness (QED) is 0.554. The van der Waals surface area contributed by atoms with Crippen LogP contribution in [-0.4, -0.2) is 23.0 Å². The van der Waals surface area contributed by atoms with Gasteiger partial charge < -0.3 is 9.30 Å². The Kier molecular flexibility index (Phi) is 7.45. The Morgan fingerprint density at radius 1 is 0.935 bits per heavy atom. The molecule has 0 aliphatic heterocycles. The van der Waals surface area contributed by atoms with Crippen LogP contribution in [0, 0.1) is 0 Å². The summed E-state index contributed by atoms with van der Waals surface area (Å²) in [6.45, 7) is 2.76. The van der Waals surface area contributed by atoms with Crippen LogP contribution in [-0.2, 0) is 17.8 Å². The van der Waals surface area contributed by atoms with E-state index in [2.05, 4.69) is 10.9 Å². The molecule has 2 N–H and O–H groups in total. The molecule has 0 saturated heterocycles. The first kappa shape index (κ1) is 22.1. The van der Waals surface area contributed by atoms with Gasteiger partial charge in [0.2, 0.25) is 5.91 Å². The number of hydrogen-bond acceptors (Lipinski definition) is 4. The molecule has 1 aromatic heterocycles. The number of rotatable bonds is 7. The lowest BCUT2D eigenvalue weighted by Crippen LogP contribution is -2.42. The second-order valence-corrected chi connectivity index (χ2v) is 7.20. The van der Waals surface area contributed by atoms with Gasteiger partial charge in [0, 0.05) is 17.3 Å². The van der Waals surface area contributed by atoms with Crippen molar-refractivity contribution in [2.45, 2.75) is 19.9 Å². The van der Waals surface area contributed by atoms with Crippen LogP contribution in [0.3, 0.4) is 0 Å². The third-order valence-electron chi connectivity index (χ3n) is 4.43. The van der Waals surface area contributed by atoms with Crippen LogP contribution in [0.25, 0.3) is 0 Å². The number of hydrogen-bond donors (Lipinski definition) is 2. The summed E-state index contributed by atoms with van der Waals surface area (Å²) in [6, 6.07) is 17.0. The Bertz CT molecular complexity index is 1110. The zero-order valence-corrected chi connectivity index (χ0v) is 17.7. The number of benzene rings is 2. The Morgan fingerprint density at radius 3 is 2.29 bits per heavy atom. The molecule has 0 fully saturated rings. The van der Waals surface area contributed by atoms with Gasteiger partial charge in [0.05, 0.1) is 25.1 Å². The fraction of sp³-hybridized carbons (Fsp3) is 0.174. The van der Waals surface area contributed by atoms with E-state index >= 15 is 0 Å². The van der Waals surface area contributed by atoms with Gasteiger partial charge in [-0.2, -0.15) is 0 Å². The highest BCUT2D eigenvalue weighted by molar-refractivity contribution is 6.30. The third-order valence-corrected chi connectivity index (χ3v) is 4.68. The number of carbonyl (C=O) groups excluding carboxylic acids is 2. The first-order chi connectivity index (χ1) is 14.9. The molecule has 2 amide bonds. The van der Waals surface area contributed by atoms with Crippen molar-refractivity contribution in [2.24, 2.45) is 0 Å². The fourth-order valence-corrected chi connectivity index (χ4v) is 3.00. The number of amides is 2. The Morgan fingerprint density at radius 2 is 1.61 bits per heavy atom. The molecule has 0 spiro atoms.